The topological polar surface area (TPSA) is 75.5 Å². The highest BCUT2D eigenvalue weighted by Gasteiger charge is 2.32. The number of carbonyl (C=O) groups is 1. The molecule has 0 amide bonds. The van der Waals surface area contributed by atoms with Crippen LogP contribution >= 0.6 is 0 Å². The minimum atomic E-state index is -0.807. The summed E-state index contributed by atoms with van der Waals surface area (Å²) in [4.78, 5) is 21.7. The summed E-state index contributed by atoms with van der Waals surface area (Å²) in [7, 11) is 0. The Morgan fingerprint density at radius 3 is 3.05 bits per heavy atom. The van der Waals surface area contributed by atoms with Gasteiger partial charge in [0.15, 0.2) is 5.82 Å². The number of carboxylic acid groups (broad SMARTS) is 1. The fourth-order valence-corrected chi connectivity index (χ4v) is 2.40. The molecule has 6 nitrogen and oxygen atoms in total. The normalized spacial score (nSPS) is 22.6. The van der Waals surface area contributed by atoms with E-state index < -0.39 is 12.0 Å². The third kappa shape index (κ3) is 3.37. The van der Waals surface area contributed by atoms with Gasteiger partial charge in [0.05, 0.1) is 19.0 Å². The number of nitrogens with zero attached hydrogens (tertiary/aromatic N) is 3. The minimum Gasteiger partial charge on any atom is -0.480 e. The van der Waals surface area contributed by atoms with E-state index in [-0.39, 0.29) is 0 Å². The van der Waals surface area contributed by atoms with Crippen LogP contribution in [-0.4, -0.2) is 40.2 Å². The highest BCUT2D eigenvalue weighted by Crippen LogP contribution is 2.27. The van der Waals surface area contributed by atoms with Crippen molar-refractivity contribution < 1.29 is 14.6 Å². The van der Waals surface area contributed by atoms with E-state index in [1.54, 1.807) is 12.4 Å². The van der Waals surface area contributed by atoms with Crippen molar-refractivity contribution in [2.45, 2.75) is 39.2 Å². The molecule has 1 aromatic rings. The van der Waals surface area contributed by atoms with Gasteiger partial charge in [-0.1, -0.05) is 13.8 Å². The smallest absolute Gasteiger partial charge is 0.326 e. The Labute approximate surface area is 118 Å². The number of rotatable bonds is 5. The molecule has 1 aromatic heterocycles. The van der Waals surface area contributed by atoms with Gasteiger partial charge >= 0.3 is 5.97 Å². The van der Waals surface area contributed by atoms with Gasteiger partial charge in [-0.3, -0.25) is 4.98 Å². The zero-order chi connectivity index (χ0) is 14.5. The van der Waals surface area contributed by atoms with Crippen molar-refractivity contribution in [2.75, 3.05) is 18.1 Å². The van der Waals surface area contributed by atoms with E-state index in [4.69, 9.17) is 4.74 Å². The molecule has 0 bridgehead atoms. The van der Waals surface area contributed by atoms with Crippen LogP contribution in [0.25, 0.3) is 0 Å². The molecule has 1 saturated heterocycles. The molecule has 1 aliphatic rings. The molecule has 20 heavy (non-hydrogen) atoms. The van der Waals surface area contributed by atoms with Crippen molar-refractivity contribution in [3.63, 3.8) is 0 Å². The Bertz CT molecular complexity index is 467. The van der Waals surface area contributed by atoms with Gasteiger partial charge in [0, 0.05) is 6.54 Å². The SMILES string of the molecule is CCCOc1cncc(N2CCC(C)CC2C(=O)O)n1. The molecule has 0 radical (unpaired) electrons. The second-order valence-corrected chi connectivity index (χ2v) is 5.24. The number of hydrogen-bond acceptors (Lipinski definition) is 5. The van der Waals surface area contributed by atoms with Crippen molar-refractivity contribution in [1.29, 1.82) is 0 Å². The zero-order valence-corrected chi connectivity index (χ0v) is 12.0. The van der Waals surface area contributed by atoms with Crippen LogP contribution in [0.5, 0.6) is 5.88 Å². The highest BCUT2D eigenvalue weighted by atomic mass is 16.5. The summed E-state index contributed by atoms with van der Waals surface area (Å²) in [6.07, 6.45) is 5.65. The van der Waals surface area contributed by atoms with Gasteiger partial charge in [0.25, 0.3) is 0 Å². The Hall–Kier alpha value is -1.85. The van der Waals surface area contributed by atoms with Gasteiger partial charge in [-0.15, -0.1) is 0 Å². The number of hydrogen-bond donors (Lipinski definition) is 1. The van der Waals surface area contributed by atoms with Crippen molar-refractivity contribution in [1.82, 2.24) is 9.97 Å². The van der Waals surface area contributed by atoms with Gasteiger partial charge in [0.1, 0.15) is 6.04 Å². The quantitative estimate of drug-likeness (QED) is 0.888. The molecule has 2 unspecified atom stereocenters. The molecule has 0 spiro atoms. The first-order valence-corrected chi connectivity index (χ1v) is 7.06. The maximum atomic E-state index is 11.4. The number of carboxylic acids is 1. The van der Waals surface area contributed by atoms with Gasteiger partial charge in [0.2, 0.25) is 5.88 Å². The highest BCUT2D eigenvalue weighted by molar-refractivity contribution is 5.78. The average Bonchev–Trinajstić information content (AvgIpc) is 2.45. The molecule has 110 valence electrons. The van der Waals surface area contributed by atoms with Crippen LogP contribution in [-0.2, 0) is 4.79 Å². The van der Waals surface area contributed by atoms with Crippen LogP contribution < -0.4 is 9.64 Å². The first-order chi connectivity index (χ1) is 9.61. The summed E-state index contributed by atoms with van der Waals surface area (Å²) in [5.41, 5.74) is 0. The van der Waals surface area contributed by atoms with Gasteiger partial charge < -0.3 is 14.7 Å². The molecule has 2 atom stereocenters. The van der Waals surface area contributed by atoms with Crippen LogP contribution in [0, 0.1) is 5.92 Å². The lowest BCUT2D eigenvalue weighted by Gasteiger charge is -2.36. The summed E-state index contributed by atoms with van der Waals surface area (Å²) in [5.74, 6) is 0.642. The lowest BCUT2D eigenvalue weighted by Crippen LogP contribution is -2.47. The number of anilines is 1. The Balaban J connectivity index is 2.18. The fourth-order valence-electron chi connectivity index (χ4n) is 2.40. The maximum Gasteiger partial charge on any atom is 0.326 e. The average molecular weight is 279 g/mol. The molecule has 0 aromatic carbocycles. The first-order valence-electron chi connectivity index (χ1n) is 7.06. The van der Waals surface area contributed by atoms with Crippen molar-refractivity contribution in [3.05, 3.63) is 12.4 Å². The van der Waals surface area contributed by atoms with Crippen molar-refractivity contribution >= 4 is 11.8 Å². The second kappa shape index (κ2) is 6.54. The zero-order valence-electron chi connectivity index (χ0n) is 12.0. The van der Waals surface area contributed by atoms with E-state index in [9.17, 15) is 9.90 Å². The van der Waals surface area contributed by atoms with Gasteiger partial charge in [-0.2, -0.15) is 4.98 Å². The lowest BCUT2D eigenvalue weighted by atomic mass is 9.92. The lowest BCUT2D eigenvalue weighted by molar-refractivity contribution is -0.139. The molecule has 1 fully saturated rings. The molecular formula is C14H21N3O3. The van der Waals surface area contributed by atoms with Crippen LogP contribution in [0.3, 0.4) is 0 Å². The molecular weight excluding hydrogens is 258 g/mol. The molecule has 6 heteroatoms. The Kier molecular flexibility index (Phi) is 4.76. The van der Waals surface area contributed by atoms with Crippen molar-refractivity contribution in [2.24, 2.45) is 5.92 Å². The molecule has 0 saturated carbocycles. The number of aromatic nitrogens is 2. The van der Waals surface area contributed by atoms with E-state index in [1.807, 2.05) is 11.8 Å². The monoisotopic (exact) mass is 279 g/mol. The van der Waals surface area contributed by atoms with Crippen LogP contribution in [0.4, 0.5) is 5.82 Å². The van der Waals surface area contributed by atoms with Crippen LogP contribution in [0.2, 0.25) is 0 Å². The summed E-state index contributed by atoms with van der Waals surface area (Å²) in [5, 5.41) is 9.38. The van der Waals surface area contributed by atoms with Crippen LogP contribution in [0.15, 0.2) is 12.4 Å². The van der Waals surface area contributed by atoms with E-state index >= 15 is 0 Å². The predicted molar refractivity (Wildman–Crippen MR) is 75.0 cm³/mol. The summed E-state index contributed by atoms with van der Waals surface area (Å²) < 4.78 is 5.46. The summed E-state index contributed by atoms with van der Waals surface area (Å²) >= 11 is 0. The first kappa shape index (κ1) is 14.6. The standard InChI is InChI=1S/C14H21N3O3/c1-3-6-20-13-9-15-8-12(16-13)17-5-4-10(2)7-11(17)14(18)19/h8-11H,3-7H2,1-2H3,(H,18,19). The second-order valence-electron chi connectivity index (χ2n) is 5.24. The molecule has 1 aliphatic heterocycles. The third-order valence-electron chi connectivity index (χ3n) is 3.50. The molecule has 2 rings (SSSR count). The Morgan fingerprint density at radius 1 is 1.55 bits per heavy atom. The fraction of sp³-hybridized carbons (Fsp3) is 0.643. The molecule has 1 N–H and O–H groups in total. The van der Waals surface area contributed by atoms with Gasteiger partial charge in [-0.25, -0.2) is 4.79 Å². The predicted octanol–water partition coefficient (Wildman–Crippen LogP) is 1.95. The van der Waals surface area contributed by atoms with Crippen LogP contribution in [0.1, 0.15) is 33.1 Å². The van der Waals surface area contributed by atoms with E-state index in [1.165, 1.54) is 0 Å². The maximum absolute atomic E-state index is 11.4. The number of aliphatic carboxylic acids is 1. The van der Waals surface area contributed by atoms with Crippen molar-refractivity contribution in [3.8, 4) is 5.88 Å². The number of piperidine rings is 1. The summed E-state index contributed by atoms with van der Waals surface area (Å²) in [6, 6.07) is -0.533. The third-order valence-corrected chi connectivity index (χ3v) is 3.50. The number of ether oxygens (including phenoxy) is 1. The van der Waals surface area contributed by atoms with E-state index in [2.05, 4.69) is 16.9 Å². The van der Waals surface area contributed by atoms with E-state index in [0.717, 1.165) is 12.8 Å². The minimum absolute atomic E-state index is 0.417. The molecule has 0 aliphatic carbocycles. The van der Waals surface area contributed by atoms with E-state index in [0.29, 0.717) is 37.2 Å². The summed E-state index contributed by atoms with van der Waals surface area (Å²) in [6.45, 7) is 5.37. The van der Waals surface area contributed by atoms with Gasteiger partial charge in [-0.05, 0) is 25.2 Å². The Morgan fingerprint density at radius 2 is 2.35 bits per heavy atom. The molecule has 2 heterocycles. The largest absolute Gasteiger partial charge is 0.480 e.